The molecule has 0 radical (unpaired) electrons. The number of rotatable bonds is 31. The molecule has 0 fully saturated rings. The molecule has 0 aliphatic carbocycles. The molecule has 19 heteroatoms. The lowest BCUT2D eigenvalue weighted by Crippen LogP contribution is -2.12. The van der Waals surface area contributed by atoms with Gasteiger partial charge in [0.2, 0.25) is 14.5 Å². The molecule has 0 bridgehead atoms. The van der Waals surface area contributed by atoms with Crippen LogP contribution in [0.5, 0.6) is 0 Å². The third-order valence-electron chi connectivity index (χ3n) is 4.82. The summed E-state index contributed by atoms with van der Waals surface area (Å²) in [5.74, 6) is 1.43. The fourth-order valence-electron chi connectivity index (χ4n) is 2.64. The first-order chi connectivity index (χ1) is 21.1. The van der Waals surface area contributed by atoms with E-state index in [9.17, 15) is 8.42 Å². The summed E-state index contributed by atoms with van der Waals surface area (Å²) in [6.45, 7) is 9.22. The summed E-state index contributed by atoms with van der Waals surface area (Å²) in [7, 11) is -4.04. The van der Waals surface area contributed by atoms with Crippen molar-refractivity contribution >= 4 is 95.7 Å². The van der Waals surface area contributed by atoms with Crippen LogP contribution in [0.1, 0.15) is 46.0 Å². The van der Waals surface area contributed by atoms with Gasteiger partial charge in [-0.05, 0) is 55.5 Å². The van der Waals surface area contributed by atoms with E-state index >= 15 is 0 Å². The average Bonchev–Trinajstić information content (AvgIpc) is 2.97. The average molecular weight is 781 g/mol. The molecular formula is C25H49O11PS7. The highest BCUT2D eigenvalue weighted by Crippen LogP contribution is 2.61. The van der Waals surface area contributed by atoms with E-state index < -0.39 is 15.8 Å². The summed E-state index contributed by atoms with van der Waals surface area (Å²) in [5.41, 5.74) is -2.78. The van der Waals surface area contributed by atoms with Crippen molar-refractivity contribution in [2.75, 3.05) is 102 Å². The van der Waals surface area contributed by atoms with Gasteiger partial charge in [-0.15, -0.1) is 0 Å². The molecule has 0 unspecified atom stereocenters. The topological polar surface area (TPSA) is 128 Å². The van der Waals surface area contributed by atoms with E-state index in [0.29, 0.717) is 92.1 Å². The molecule has 0 amide bonds. The largest absolute Gasteiger partial charge is 0.479 e. The van der Waals surface area contributed by atoms with Gasteiger partial charge < -0.3 is 37.5 Å². The molecule has 0 atom stereocenters. The van der Waals surface area contributed by atoms with Crippen molar-refractivity contribution in [3.63, 3.8) is 0 Å². The van der Waals surface area contributed by atoms with E-state index in [4.69, 9.17) is 78.3 Å². The molecule has 0 aromatic heterocycles. The zero-order valence-electron chi connectivity index (χ0n) is 25.7. The van der Waals surface area contributed by atoms with Gasteiger partial charge in [0.15, 0.2) is 0 Å². The molecule has 11 nitrogen and oxygen atoms in total. The third kappa shape index (κ3) is 33.1. The molecule has 0 saturated heterocycles. The molecule has 0 heterocycles. The fourth-order valence-corrected chi connectivity index (χ4v) is 9.46. The van der Waals surface area contributed by atoms with Crippen LogP contribution in [0.25, 0.3) is 0 Å². The SMILES string of the molecule is CCCCOC(=S)SCCOCCOCCOP(=S)(OCCOCCOCCSC(=S)OCCCC)SCCCS(=O)(=O)O. The van der Waals surface area contributed by atoms with Crippen LogP contribution in [0, 0.1) is 0 Å². The number of thioether (sulfide) groups is 2. The number of thiocarbonyl (C=S) groups is 2. The Morgan fingerprint density at radius 1 is 0.636 bits per heavy atom. The van der Waals surface area contributed by atoms with Gasteiger partial charge in [-0.2, -0.15) is 8.42 Å². The maximum Gasteiger partial charge on any atom is 0.264 e. The quantitative estimate of drug-likeness (QED) is 0.0383. The Bertz CT molecular complexity index is 823. The molecule has 0 aromatic carbocycles. The highest BCUT2D eigenvalue weighted by molar-refractivity contribution is 8.67. The van der Waals surface area contributed by atoms with Gasteiger partial charge in [-0.3, -0.25) is 4.55 Å². The Morgan fingerprint density at radius 2 is 1.05 bits per heavy atom. The molecule has 44 heavy (non-hydrogen) atoms. The zero-order valence-corrected chi connectivity index (χ0v) is 32.3. The first-order valence-electron chi connectivity index (χ1n) is 14.5. The Kier molecular flexibility index (Phi) is 32.2. The predicted molar refractivity (Wildman–Crippen MR) is 195 cm³/mol. The van der Waals surface area contributed by atoms with E-state index in [1.54, 1.807) is 0 Å². The van der Waals surface area contributed by atoms with Gasteiger partial charge in [0.1, 0.15) is 0 Å². The lowest BCUT2D eigenvalue weighted by molar-refractivity contribution is 0.0350. The molecule has 0 aliphatic rings. The maximum absolute atomic E-state index is 11.0. The molecule has 0 rings (SSSR count). The van der Waals surface area contributed by atoms with Crippen LogP contribution in [0.3, 0.4) is 0 Å². The van der Waals surface area contributed by atoms with Crippen molar-refractivity contribution in [1.29, 1.82) is 0 Å². The summed E-state index contributed by atoms with van der Waals surface area (Å²) in [6, 6.07) is 0. The van der Waals surface area contributed by atoms with Crippen LogP contribution in [0.4, 0.5) is 0 Å². The standard InChI is InChI=1S/C25H49O11PS7/c1-3-5-8-33-24(38)41-21-18-31-12-10-29-14-16-35-37(40,43-20-7-23-44(26,27)28)36-17-15-30-11-13-32-19-22-42-25(39)34-9-6-4-2/h3-23H2,1-2H3,(H,26,27,28). The normalized spacial score (nSPS) is 12.0. The van der Waals surface area contributed by atoms with Crippen LogP contribution in [0.15, 0.2) is 0 Å². The number of unbranched alkanes of at least 4 members (excludes halogenated alkanes) is 2. The molecule has 0 saturated carbocycles. The molecule has 0 aromatic rings. The minimum Gasteiger partial charge on any atom is -0.479 e. The number of hydrogen-bond acceptors (Lipinski definition) is 16. The van der Waals surface area contributed by atoms with E-state index in [0.717, 1.165) is 25.7 Å². The maximum atomic E-state index is 11.0. The molecule has 0 aliphatic heterocycles. The summed E-state index contributed by atoms with van der Waals surface area (Å²) in [6.07, 6.45) is 4.33. The first kappa shape index (κ1) is 45.2. The highest BCUT2D eigenvalue weighted by atomic mass is 32.9. The summed E-state index contributed by atoms with van der Waals surface area (Å²) >= 11 is 20.1. The van der Waals surface area contributed by atoms with Crippen molar-refractivity contribution in [3.05, 3.63) is 0 Å². The smallest absolute Gasteiger partial charge is 0.264 e. The molecular weight excluding hydrogens is 732 g/mol. The van der Waals surface area contributed by atoms with E-state index in [1.165, 1.54) is 34.9 Å². The Balaban J connectivity index is 4.08. The minimum absolute atomic E-state index is 0.210. The highest BCUT2D eigenvalue weighted by Gasteiger charge is 2.20. The van der Waals surface area contributed by atoms with Gasteiger partial charge >= 0.3 is 0 Å². The van der Waals surface area contributed by atoms with Crippen molar-refractivity contribution in [2.24, 2.45) is 0 Å². The molecule has 1 N–H and O–H groups in total. The lowest BCUT2D eigenvalue weighted by Gasteiger charge is -2.21. The van der Waals surface area contributed by atoms with Gasteiger partial charge in [0, 0.05) is 17.3 Å². The Hall–Kier alpha value is 1.15. The van der Waals surface area contributed by atoms with Crippen LogP contribution in [0.2, 0.25) is 0 Å². The summed E-state index contributed by atoms with van der Waals surface area (Å²) in [5, 5.41) is 0. The van der Waals surface area contributed by atoms with Gasteiger partial charge in [-0.1, -0.05) is 61.6 Å². The second-order valence-corrected chi connectivity index (χ2v) is 20.0. The number of hydrogen-bond donors (Lipinski definition) is 1. The zero-order chi connectivity index (χ0) is 32.8. The van der Waals surface area contributed by atoms with Crippen LogP contribution < -0.4 is 0 Å². The summed E-state index contributed by atoms with van der Waals surface area (Å²) < 4.78 is 76.8. The van der Waals surface area contributed by atoms with E-state index in [2.05, 4.69) is 13.8 Å². The third-order valence-corrected chi connectivity index (χ3v) is 13.5. The van der Waals surface area contributed by atoms with Crippen LogP contribution in [-0.4, -0.2) is 124 Å². The van der Waals surface area contributed by atoms with Crippen molar-refractivity contribution in [2.45, 2.75) is 46.0 Å². The fraction of sp³-hybridized carbons (Fsp3) is 0.920. The first-order valence-corrected chi connectivity index (χ1v) is 23.1. The molecule has 0 spiro atoms. The Labute approximate surface area is 292 Å². The van der Waals surface area contributed by atoms with E-state index in [-0.39, 0.29) is 25.4 Å². The monoisotopic (exact) mass is 780 g/mol. The van der Waals surface area contributed by atoms with Gasteiger partial charge in [0.05, 0.1) is 85.0 Å². The van der Waals surface area contributed by atoms with Crippen molar-refractivity contribution < 1.29 is 50.4 Å². The number of ether oxygens (including phenoxy) is 6. The second kappa shape index (κ2) is 31.4. The minimum atomic E-state index is -4.04. The van der Waals surface area contributed by atoms with Gasteiger partial charge in [-0.25, -0.2) is 0 Å². The molecule has 262 valence electrons. The summed E-state index contributed by atoms with van der Waals surface area (Å²) in [4.78, 5) is 0. The van der Waals surface area contributed by atoms with Crippen LogP contribution in [-0.2, 0) is 59.4 Å². The van der Waals surface area contributed by atoms with Gasteiger partial charge in [0.25, 0.3) is 10.1 Å². The Morgan fingerprint density at radius 3 is 1.45 bits per heavy atom. The lowest BCUT2D eigenvalue weighted by atomic mass is 10.4. The van der Waals surface area contributed by atoms with E-state index in [1.807, 2.05) is 0 Å². The van der Waals surface area contributed by atoms with Crippen molar-refractivity contribution in [3.8, 4) is 0 Å². The van der Waals surface area contributed by atoms with Crippen molar-refractivity contribution in [1.82, 2.24) is 0 Å². The van der Waals surface area contributed by atoms with Crippen LogP contribution >= 0.6 is 65.0 Å². The predicted octanol–water partition coefficient (Wildman–Crippen LogP) is 5.99. The second-order valence-electron chi connectivity index (χ2n) is 8.64.